The molecule has 0 fully saturated rings. The quantitative estimate of drug-likeness (QED) is 0.583. The molecule has 0 aliphatic rings. The van der Waals surface area contributed by atoms with Gasteiger partial charge in [-0.25, -0.2) is 0 Å². The molecule has 1 unspecified atom stereocenters. The monoisotopic (exact) mass is 246 g/mol. The van der Waals surface area contributed by atoms with Crippen molar-refractivity contribution in [2.45, 2.75) is 38.6 Å². The smallest absolute Gasteiger partial charge is 0.129 e. The molecule has 1 aromatic carbocycles. The zero-order chi connectivity index (χ0) is 12.7. The average molecular weight is 246 g/mol. The predicted octanol–water partition coefficient (Wildman–Crippen LogP) is 3.52. The van der Waals surface area contributed by atoms with E-state index in [-0.39, 0.29) is 6.10 Å². The number of benzene rings is 1. The van der Waals surface area contributed by atoms with Crippen molar-refractivity contribution in [1.82, 2.24) is 0 Å². The third-order valence-electron chi connectivity index (χ3n) is 2.43. The van der Waals surface area contributed by atoms with Crippen LogP contribution in [0, 0.1) is 11.5 Å². The molecule has 0 aromatic heterocycles. The third-order valence-corrected chi connectivity index (χ3v) is 3.33. The standard InChI is InChI=1S/C15H22OSi/c1-16-15(12-13-17(2,3)4)11-10-14-8-6-5-7-9-14/h5-9,15H,10-11H2,1-4H3. The van der Waals surface area contributed by atoms with E-state index in [0.717, 1.165) is 12.8 Å². The van der Waals surface area contributed by atoms with Gasteiger partial charge in [0.2, 0.25) is 0 Å². The second-order valence-electron chi connectivity index (χ2n) is 5.27. The van der Waals surface area contributed by atoms with Crippen LogP contribution in [0.1, 0.15) is 12.0 Å². The molecule has 0 spiro atoms. The Bertz CT molecular complexity index is 381. The molecule has 92 valence electrons. The minimum atomic E-state index is -1.29. The Hall–Kier alpha value is -1.04. The van der Waals surface area contributed by atoms with Gasteiger partial charge in [-0.2, -0.15) is 0 Å². The molecule has 0 aliphatic heterocycles. The van der Waals surface area contributed by atoms with Gasteiger partial charge >= 0.3 is 0 Å². The number of hydrogen-bond acceptors (Lipinski definition) is 1. The van der Waals surface area contributed by atoms with Crippen molar-refractivity contribution in [3.63, 3.8) is 0 Å². The Labute approximate surface area is 106 Å². The van der Waals surface area contributed by atoms with E-state index >= 15 is 0 Å². The molecule has 1 nitrogen and oxygen atoms in total. The first-order valence-corrected chi connectivity index (χ1v) is 9.61. The Morgan fingerprint density at radius 1 is 1.18 bits per heavy atom. The van der Waals surface area contributed by atoms with Crippen molar-refractivity contribution in [2.24, 2.45) is 0 Å². The molecule has 2 heteroatoms. The van der Waals surface area contributed by atoms with Crippen LogP contribution in [0.15, 0.2) is 30.3 Å². The van der Waals surface area contributed by atoms with E-state index in [0.29, 0.717) is 0 Å². The Balaban J connectivity index is 2.50. The van der Waals surface area contributed by atoms with E-state index in [1.807, 2.05) is 6.07 Å². The second kappa shape index (κ2) is 6.63. The Morgan fingerprint density at radius 2 is 1.82 bits per heavy atom. The highest BCUT2D eigenvalue weighted by Crippen LogP contribution is 2.07. The van der Waals surface area contributed by atoms with E-state index < -0.39 is 8.07 Å². The lowest BCUT2D eigenvalue weighted by molar-refractivity contribution is 0.141. The van der Waals surface area contributed by atoms with Crippen molar-refractivity contribution in [3.8, 4) is 11.5 Å². The molecule has 1 atom stereocenters. The summed E-state index contributed by atoms with van der Waals surface area (Å²) in [6.45, 7) is 6.76. The van der Waals surface area contributed by atoms with Gasteiger partial charge in [-0.1, -0.05) is 55.9 Å². The molecule has 0 bridgehead atoms. The van der Waals surface area contributed by atoms with E-state index in [9.17, 15) is 0 Å². The van der Waals surface area contributed by atoms with Crippen LogP contribution in [-0.4, -0.2) is 21.3 Å². The lowest BCUT2D eigenvalue weighted by Gasteiger charge is -2.10. The summed E-state index contributed by atoms with van der Waals surface area (Å²) in [4.78, 5) is 0. The van der Waals surface area contributed by atoms with E-state index in [2.05, 4.69) is 55.4 Å². The summed E-state index contributed by atoms with van der Waals surface area (Å²) in [5.74, 6) is 3.27. The molecule has 0 amide bonds. The summed E-state index contributed by atoms with van der Waals surface area (Å²) >= 11 is 0. The summed E-state index contributed by atoms with van der Waals surface area (Å²) in [5.41, 5.74) is 4.72. The molecular weight excluding hydrogens is 224 g/mol. The highest BCUT2D eigenvalue weighted by Gasteiger charge is 2.09. The van der Waals surface area contributed by atoms with E-state index in [1.54, 1.807) is 7.11 Å². The first kappa shape index (κ1) is 14.0. The maximum Gasteiger partial charge on any atom is 0.129 e. The third kappa shape index (κ3) is 6.30. The van der Waals surface area contributed by atoms with Crippen LogP contribution < -0.4 is 0 Å². The van der Waals surface area contributed by atoms with Gasteiger partial charge in [0.25, 0.3) is 0 Å². The SMILES string of the molecule is COC(C#C[Si](C)(C)C)CCc1ccccc1. The van der Waals surface area contributed by atoms with Crippen molar-refractivity contribution in [3.05, 3.63) is 35.9 Å². The van der Waals surface area contributed by atoms with Crippen LogP contribution in [-0.2, 0) is 11.2 Å². The number of rotatable bonds is 4. The summed E-state index contributed by atoms with van der Waals surface area (Å²) < 4.78 is 5.42. The van der Waals surface area contributed by atoms with Crippen LogP contribution in [0.5, 0.6) is 0 Å². The first-order chi connectivity index (χ1) is 8.01. The fourth-order valence-corrected chi connectivity index (χ4v) is 2.08. The molecule has 0 heterocycles. The van der Waals surface area contributed by atoms with Crippen LogP contribution in [0.2, 0.25) is 19.6 Å². The first-order valence-electron chi connectivity index (χ1n) is 6.11. The lowest BCUT2D eigenvalue weighted by atomic mass is 10.1. The fourth-order valence-electron chi connectivity index (χ4n) is 1.49. The summed E-state index contributed by atoms with van der Waals surface area (Å²) in [7, 11) is 0.459. The molecule has 0 saturated heterocycles. The van der Waals surface area contributed by atoms with Gasteiger partial charge < -0.3 is 4.74 Å². The molecule has 0 N–H and O–H groups in total. The zero-order valence-electron chi connectivity index (χ0n) is 11.3. The van der Waals surface area contributed by atoms with Crippen LogP contribution in [0.3, 0.4) is 0 Å². The van der Waals surface area contributed by atoms with Gasteiger partial charge in [-0.3, -0.25) is 0 Å². The summed E-state index contributed by atoms with van der Waals surface area (Å²) in [6.07, 6.45) is 2.07. The van der Waals surface area contributed by atoms with Gasteiger partial charge in [0, 0.05) is 7.11 Å². The van der Waals surface area contributed by atoms with E-state index in [4.69, 9.17) is 4.74 Å². The highest BCUT2D eigenvalue weighted by atomic mass is 28.3. The van der Waals surface area contributed by atoms with Crippen LogP contribution in [0.4, 0.5) is 0 Å². The summed E-state index contributed by atoms with van der Waals surface area (Å²) in [5, 5.41) is 0. The van der Waals surface area contributed by atoms with Crippen LogP contribution >= 0.6 is 0 Å². The minimum Gasteiger partial charge on any atom is -0.369 e. The predicted molar refractivity (Wildman–Crippen MR) is 76.7 cm³/mol. The van der Waals surface area contributed by atoms with E-state index in [1.165, 1.54) is 5.56 Å². The fraction of sp³-hybridized carbons (Fsp3) is 0.467. The normalized spacial score (nSPS) is 12.7. The van der Waals surface area contributed by atoms with Gasteiger partial charge in [0.05, 0.1) is 0 Å². The van der Waals surface area contributed by atoms with Gasteiger partial charge in [-0.05, 0) is 18.4 Å². The van der Waals surface area contributed by atoms with Crippen molar-refractivity contribution in [1.29, 1.82) is 0 Å². The highest BCUT2D eigenvalue weighted by molar-refractivity contribution is 6.83. The molecular formula is C15H22OSi. The molecule has 0 radical (unpaired) electrons. The molecule has 0 aliphatic carbocycles. The molecule has 0 saturated carbocycles. The van der Waals surface area contributed by atoms with Crippen molar-refractivity contribution in [2.75, 3.05) is 7.11 Å². The molecule has 1 rings (SSSR count). The topological polar surface area (TPSA) is 9.23 Å². The molecule has 1 aromatic rings. The van der Waals surface area contributed by atoms with Gasteiger partial charge in [-0.15, -0.1) is 5.54 Å². The lowest BCUT2D eigenvalue weighted by Crippen LogP contribution is -2.18. The average Bonchev–Trinajstić information content (AvgIpc) is 2.29. The maximum absolute atomic E-state index is 5.42. The summed E-state index contributed by atoms with van der Waals surface area (Å²) in [6, 6.07) is 10.5. The second-order valence-corrected chi connectivity index (χ2v) is 10.0. The number of aryl methyl sites for hydroxylation is 1. The Kier molecular flexibility index (Phi) is 5.47. The minimum absolute atomic E-state index is 0.0712. The van der Waals surface area contributed by atoms with Gasteiger partial charge in [0.1, 0.15) is 14.2 Å². The zero-order valence-corrected chi connectivity index (χ0v) is 12.3. The van der Waals surface area contributed by atoms with Crippen LogP contribution in [0.25, 0.3) is 0 Å². The number of ether oxygens (including phenoxy) is 1. The van der Waals surface area contributed by atoms with Gasteiger partial charge in [0.15, 0.2) is 0 Å². The number of methoxy groups -OCH3 is 1. The maximum atomic E-state index is 5.42. The largest absolute Gasteiger partial charge is 0.369 e. The Morgan fingerprint density at radius 3 is 2.35 bits per heavy atom. The number of hydrogen-bond donors (Lipinski definition) is 0. The van der Waals surface area contributed by atoms with Crippen molar-refractivity contribution >= 4 is 8.07 Å². The molecule has 17 heavy (non-hydrogen) atoms. The van der Waals surface area contributed by atoms with Crippen molar-refractivity contribution < 1.29 is 4.74 Å².